The minimum Gasteiger partial charge on any atom is -0.423 e. The molecule has 4 amide bonds. The van der Waals surface area contributed by atoms with Crippen molar-refractivity contribution >= 4 is 35.5 Å². The Balaban J connectivity index is 1.89. The van der Waals surface area contributed by atoms with Crippen molar-refractivity contribution in [3.05, 3.63) is 53.6 Å². The third-order valence-electron chi connectivity index (χ3n) is 5.04. The zero-order chi connectivity index (χ0) is 25.2. The van der Waals surface area contributed by atoms with Crippen molar-refractivity contribution in [2.24, 2.45) is 5.73 Å². The predicted molar refractivity (Wildman–Crippen MR) is 120 cm³/mol. The SMILES string of the molecule is CC(=O)Oc1ccc(C(=O)NC2C(=O)N(C)C(=O)N(c3ccc(C)cc3)C2N)cc1OC(C)=O. The van der Waals surface area contributed by atoms with E-state index in [0.717, 1.165) is 17.4 Å². The van der Waals surface area contributed by atoms with Crippen molar-refractivity contribution in [2.75, 3.05) is 11.9 Å². The maximum Gasteiger partial charge on any atom is 0.332 e. The summed E-state index contributed by atoms with van der Waals surface area (Å²) in [6, 6.07) is 8.87. The number of anilines is 1. The number of nitrogens with two attached hydrogens (primary N) is 1. The molecule has 1 aliphatic rings. The van der Waals surface area contributed by atoms with E-state index in [1.165, 1.54) is 37.1 Å². The number of hydrogen-bond donors (Lipinski definition) is 2. The largest absolute Gasteiger partial charge is 0.423 e. The minimum atomic E-state index is -1.26. The van der Waals surface area contributed by atoms with Crippen LogP contribution in [0.1, 0.15) is 29.8 Å². The molecule has 34 heavy (non-hydrogen) atoms. The number of esters is 2. The molecular formula is C23H24N4O7. The summed E-state index contributed by atoms with van der Waals surface area (Å²) in [7, 11) is 1.30. The fraction of sp³-hybridized carbons (Fsp3) is 0.261. The van der Waals surface area contributed by atoms with Gasteiger partial charge >= 0.3 is 18.0 Å². The molecule has 2 aromatic carbocycles. The normalized spacial score (nSPS) is 17.9. The van der Waals surface area contributed by atoms with Gasteiger partial charge < -0.3 is 20.5 Å². The van der Waals surface area contributed by atoms with Crippen molar-refractivity contribution in [2.45, 2.75) is 33.0 Å². The highest BCUT2D eigenvalue weighted by Crippen LogP contribution is 2.29. The average Bonchev–Trinajstić information content (AvgIpc) is 2.77. The number of urea groups is 1. The molecule has 2 aromatic rings. The Bertz CT molecular complexity index is 1160. The number of carbonyl (C=O) groups is 5. The van der Waals surface area contributed by atoms with Gasteiger partial charge in [0, 0.05) is 32.1 Å². The number of likely N-dealkylation sites (N-methyl/N-ethyl adjacent to an activating group) is 1. The standard InChI is InChI=1S/C23H24N4O7/c1-12-5-8-16(9-6-12)27-20(24)19(22(31)26(4)23(27)32)25-21(30)15-7-10-17(33-13(2)28)18(11-15)34-14(3)29/h5-11,19-20H,24H2,1-4H3,(H,25,30). The number of nitrogens with one attached hydrogen (secondary N) is 1. The van der Waals surface area contributed by atoms with Crippen LogP contribution in [0.2, 0.25) is 0 Å². The Labute approximate surface area is 195 Å². The van der Waals surface area contributed by atoms with Crippen LogP contribution in [0.5, 0.6) is 11.5 Å². The number of hydrogen-bond acceptors (Lipinski definition) is 8. The van der Waals surface area contributed by atoms with Gasteiger partial charge in [0.1, 0.15) is 12.2 Å². The molecular weight excluding hydrogens is 444 g/mol. The van der Waals surface area contributed by atoms with E-state index in [0.29, 0.717) is 5.69 Å². The summed E-state index contributed by atoms with van der Waals surface area (Å²) < 4.78 is 10.0. The third kappa shape index (κ3) is 5.04. The van der Waals surface area contributed by atoms with E-state index >= 15 is 0 Å². The number of nitrogens with zero attached hydrogens (tertiary/aromatic N) is 2. The Hall–Kier alpha value is -4.25. The van der Waals surface area contributed by atoms with Gasteiger partial charge in [-0.25, -0.2) is 4.79 Å². The van der Waals surface area contributed by atoms with E-state index in [1.807, 2.05) is 6.92 Å². The van der Waals surface area contributed by atoms with Gasteiger partial charge in [-0.1, -0.05) is 17.7 Å². The summed E-state index contributed by atoms with van der Waals surface area (Å²) in [5.74, 6) is -2.95. The van der Waals surface area contributed by atoms with Gasteiger partial charge in [-0.2, -0.15) is 0 Å². The zero-order valence-electron chi connectivity index (χ0n) is 19.0. The van der Waals surface area contributed by atoms with Crippen LogP contribution < -0.4 is 25.4 Å². The molecule has 1 heterocycles. The van der Waals surface area contributed by atoms with Gasteiger partial charge in [0.15, 0.2) is 11.5 Å². The highest BCUT2D eigenvalue weighted by atomic mass is 16.6. The summed E-state index contributed by atoms with van der Waals surface area (Å²) in [6.45, 7) is 4.21. The second kappa shape index (κ2) is 9.71. The molecule has 0 bridgehead atoms. The number of ether oxygens (including phenoxy) is 2. The first-order valence-electron chi connectivity index (χ1n) is 10.2. The highest BCUT2D eigenvalue weighted by molar-refractivity contribution is 6.10. The van der Waals surface area contributed by atoms with Gasteiger partial charge in [-0.05, 0) is 37.3 Å². The van der Waals surface area contributed by atoms with E-state index in [4.69, 9.17) is 15.2 Å². The van der Waals surface area contributed by atoms with Crippen LogP contribution >= 0.6 is 0 Å². The first-order chi connectivity index (χ1) is 16.0. The monoisotopic (exact) mass is 468 g/mol. The van der Waals surface area contributed by atoms with Crippen LogP contribution in [0, 0.1) is 6.92 Å². The first-order valence-corrected chi connectivity index (χ1v) is 10.2. The van der Waals surface area contributed by atoms with Crippen molar-refractivity contribution < 1.29 is 33.4 Å². The Morgan fingerprint density at radius 2 is 1.53 bits per heavy atom. The van der Waals surface area contributed by atoms with Crippen LogP contribution in [0.3, 0.4) is 0 Å². The summed E-state index contributed by atoms with van der Waals surface area (Å²) in [6.07, 6.45) is -1.18. The lowest BCUT2D eigenvalue weighted by Crippen LogP contribution is -2.71. The van der Waals surface area contributed by atoms with E-state index in [9.17, 15) is 24.0 Å². The molecule has 1 aliphatic heterocycles. The van der Waals surface area contributed by atoms with Crippen molar-refractivity contribution in [3.63, 3.8) is 0 Å². The van der Waals surface area contributed by atoms with Crippen molar-refractivity contribution in [1.82, 2.24) is 10.2 Å². The quantitative estimate of drug-likeness (QED) is 0.493. The smallest absolute Gasteiger partial charge is 0.332 e. The second-order valence-electron chi connectivity index (χ2n) is 7.68. The van der Waals surface area contributed by atoms with Crippen molar-refractivity contribution in [1.29, 1.82) is 0 Å². The maximum atomic E-state index is 13.0. The van der Waals surface area contributed by atoms with E-state index in [1.54, 1.807) is 24.3 Å². The lowest BCUT2D eigenvalue weighted by atomic mass is 10.1. The summed E-state index contributed by atoms with van der Waals surface area (Å²) in [5.41, 5.74) is 7.69. The third-order valence-corrected chi connectivity index (χ3v) is 5.04. The van der Waals surface area contributed by atoms with Gasteiger partial charge in [0.25, 0.3) is 11.8 Å². The lowest BCUT2D eigenvalue weighted by molar-refractivity contribution is -0.134. The molecule has 11 heteroatoms. The molecule has 0 spiro atoms. The molecule has 0 radical (unpaired) electrons. The highest BCUT2D eigenvalue weighted by Gasteiger charge is 2.44. The molecule has 3 N–H and O–H groups in total. The molecule has 3 rings (SSSR count). The molecule has 178 valence electrons. The molecule has 2 unspecified atom stereocenters. The molecule has 1 fully saturated rings. The fourth-order valence-electron chi connectivity index (χ4n) is 3.37. The Kier molecular flexibility index (Phi) is 6.97. The number of aryl methyl sites for hydroxylation is 1. The zero-order valence-corrected chi connectivity index (χ0v) is 19.0. The molecule has 0 saturated carbocycles. The van der Waals surface area contributed by atoms with Crippen LogP contribution in [0.4, 0.5) is 10.5 Å². The van der Waals surface area contributed by atoms with Gasteiger partial charge in [0.2, 0.25) is 0 Å². The van der Waals surface area contributed by atoms with Gasteiger partial charge in [0.05, 0.1) is 0 Å². The van der Waals surface area contributed by atoms with Crippen LogP contribution in [-0.4, -0.2) is 53.9 Å². The average molecular weight is 468 g/mol. The molecule has 1 saturated heterocycles. The predicted octanol–water partition coefficient (Wildman–Crippen LogP) is 1.33. The number of benzene rings is 2. The van der Waals surface area contributed by atoms with Gasteiger partial charge in [-0.3, -0.25) is 29.0 Å². The molecule has 11 nitrogen and oxygen atoms in total. The Morgan fingerprint density at radius 3 is 2.12 bits per heavy atom. The lowest BCUT2D eigenvalue weighted by Gasteiger charge is -2.41. The number of rotatable bonds is 5. The number of imide groups is 1. The van der Waals surface area contributed by atoms with E-state index in [-0.39, 0.29) is 17.1 Å². The van der Waals surface area contributed by atoms with Crippen LogP contribution in [0.25, 0.3) is 0 Å². The summed E-state index contributed by atoms with van der Waals surface area (Å²) in [5, 5.41) is 2.54. The van der Waals surface area contributed by atoms with Gasteiger partial charge in [-0.15, -0.1) is 0 Å². The molecule has 0 aromatic heterocycles. The number of carbonyl (C=O) groups excluding carboxylic acids is 5. The summed E-state index contributed by atoms with van der Waals surface area (Å²) >= 11 is 0. The molecule has 2 atom stereocenters. The summed E-state index contributed by atoms with van der Waals surface area (Å²) in [4.78, 5) is 63.3. The first kappa shape index (κ1) is 24.4. The minimum absolute atomic E-state index is 0.00795. The maximum absolute atomic E-state index is 13.0. The van der Waals surface area contributed by atoms with Crippen LogP contribution in [0.15, 0.2) is 42.5 Å². The number of amides is 4. The second-order valence-corrected chi connectivity index (χ2v) is 7.68. The topological polar surface area (TPSA) is 148 Å². The van der Waals surface area contributed by atoms with Crippen LogP contribution in [-0.2, 0) is 14.4 Å². The van der Waals surface area contributed by atoms with E-state index in [2.05, 4.69) is 5.32 Å². The molecule has 0 aliphatic carbocycles. The Morgan fingerprint density at radius 1 is 0.941 bits per heavy atom. The van der Waals surface area contributed by atoms with Crippen molar-refractivity contribution in [3.8, 4) is 11.5 Å². The fourth-order valence-corrected chi connectivity index (χ4v) is 3.37. The van der Waals surface area contributed by atoms with E-state index < -0.39 is 42.0 Å².